The third-order valence-corrected chi connectivity index (χ3v) is 5.55. The molecule has 0 fully saturated rings. The maximum Gasteiger partial charge on any atom is 0.191 e. The molecule has 0 radical (unpaired) electrons. The molecule has 0 aromatic heterocycles. The van der Waals surface area contributed by atoms with Crippen LogP contribution in [0.2, 0.25) is 0 Å². The van der Waals surface area contributed by atoms with Crippen molar-refractivity contribution in [3.63, 3.8) is 0 Å². The number of fused-ring (bicyclic) bond motifs is 1. The molecule has 162 valence electrons. The molecular formula is C24H33N3O3. The molecule has 0 spiro atoms. The van der Waals surface area contributed by atoms with Gasteiger partial charge in [-0.1, -0.05) is 32.0 Å². The van der Waals surface area contributed by atoms with Crippen LogP contribution in [0.15, 0.2) is 41.4 Å². The number of methoxy groups -OCH3 is 2. The highest BCUT2D eigenvalue weighted by molar-refractivity contribution is 5.79. The van der Waals surface area contributed by atoms with E-state index in [0.717, 1.165) is 55.7 Å². The van der Waals surface area contributed by atoms with Crippen LogP contribution >= 0.6 is 0 Å². The number of nitrogens with zero attached hydrogens (tertiary/aromatic N) is 1. The number of benzene rings is 2. The van der Waals surface area contributed by atoms with Crippen molar-refractivity contribution in [1.82, 2.24) is 10.6 Å². The summed E-state index contributed by atoms with van der Waals surface area (Å²) >= 11 is 0. The fraction of sp³-hybridized carbons (Fsp3) is 0.458. The van der Waals surface area contributed by atoms with E-state index < -0.39 is 0 Å². The first kappa shape index (κ1) is 21.8. The average molecular weight is 412 g/mol. The number of hydrogen-bond donors (Lipinski definition) is 2. The highest BCUT2D eigenvalue weighted by atomic mass is 16.5. The van der Waals surface area contributed by atoms with E-state index in [4.69, 9.17) is 14.2 Å². The Hall–Kier alpha value is -2.89. The monoisotopic (exact) mass is 411 g/mol. The SMILES string of the molecule is CN=C(NCCc1ccc2c(c1)CCO2)NCC(C)(C)c1ccc(OC)c(OC)c1. The van der Waals surface area contributed by atoms with Crippen molar-refractivity contribution in [2.45, 2.75) is 32.1 Å². The summed E-state index contributed by atoms with van der Waals surface area (Å²) < 4.78 is 16.4. The zero-order chi connectivity index (χ0) is 21.6. The molecule has 0 saturated carbocycles. The second-order valence-corrected chi connectivity index (χ2v) is 8.10. The van der Waals surface area contributed by atoms with Gasteiger partial charge in [0.15, 0.2) is 17.5 Å². The van der Waals surface area contributed by atoms with Crippen molar-refractivity contribution in [1.29, 1.82) is 0 Å². The van der Waals surface area contributed by atoms with Gasteiger partial charge in [0, 0.05) is 32.0 Å². The van der Waals surface area contributed by atoms with Gasteiger partial charge in [0.2, 0.25) is 0 Å². The number of aliphatic imine (C=N–C) groups is 1. The van der Waals surface area contributed by atoms with Gasteiger partial charge in [-0.2, -0.15) is 0 Å². The van der Waals surface area contributed by atoms with Crippen molar-refractivity contribution in [2.75, 3.05) is 41.0 Å². The van der Waals surface area contributed by atoms with Gasteiger partial charge in [-0.15, -0.1) is 0 Å². The lowest BCUT2D eigenvalue weighted by molar-refractivity contribution is 0.353. The van der Waals surface area contributed by atoms with Gasteiger partial charge < -0.3 is 24.8 Å². The van der Waals surface area contributed by atoms with Crippen LogP contribution in [0.3, 0.4) is 0 Å². The minimum absolute atomic E-state index is 0.114. The standard InChI is InChI=1S/C24H33N3O3/c1-24(2,19-7-9-21(28-4)22(15-19)29-5)16-27-23(25-3)26-12-10-17-6-8-20-18(14-17)11-13-30-20/h6-9,14-15H,10-13,16H2,1-5H3,(H2,25,26,27). The highest BCUT2D eigenvalue weighted by Gasteiger charge is 2.22. The van der Waals surface area contributed by atoms with Crippen molar-refractivity contribution < 1.29 is 14.2 Å². The molecule has 1 heterocycles. The highest BCUT2D eigenvalue weighted by Crippen LogP contribution is 2.33. The molecule has 6 nitrogen and oxygen atoms in total. The van der Waals surface area contributed by atoms with Gasteiger partial charge in [0.05, 0.1) is 20.8 Å². The molecule has 3 rings (SSSR count). The second-order valence-electron chi connectivity index (χ2n) is 8.10. The summed E-state index contributed by atoms with van der Waals surface area (Å²) in [4.78, 5) is 4.36. The third kappa shape index (κ3) is 5.17. The number of nitrogens with one attached hydrogen (secondary N) is 2. The van der Waals surface area contributed by atoms with Crippen molar-refractivity contribution in [2.24, 2.45) is 4.99 Å². The third-order valence-electron chi connectivity index (χ3n) is 5.55. The lowest BCUT2D eigenvalue weighted by Gasteiger charge is -2.27. The van der Waals surface area contributed by atoms with E-state index in [9.17, 15) is 0 Å². The van der Waals surface area contributed by atoms with Crippen LogP contribution in [0.1, 0.15) is 30.5 Å². The Balaban J connectivity index is 1.53. The lowest BCUT2D eigenvalue weighted by Crippen LogP contribution is -2.44. The molecule has 0 unspecified atom stereocenters. The molecule has 0 amide bonds. The van der Waals surface area contributed by atoms with Gasteiger partial charge in [-0.25, -0.2) is 0 Å². The van der Waals surface area contributed by atoms with Gasteiger partial charge in [0.25, 0.3) is 0 Å². The Labute approximate surface area is 179 Å². The van der Waals surface area contributed by atoms with Gasteiger partial charge in [-0.3, -0.25) is 4.99 Å². The quantitative estimate of drug-likeness (QED) is 0.515. The first-order chi connectivity index (χ1) is 14.5. The molecule has 2 N–H and O–H groups in total. The van der Waals surface area contributed by atoms with Crippen LogP contribution in [0, 0.1) is 0 Å². The first-order valence-electron chi connectivity index (χ1n) is 10.4. The fourth-order valence-electron chi connectivity index (χ4n) is 3.61. The smallest absolute Gasteiger partial charge is 0.191 e. The summed E-state index contributed by atoms with van der Waals surface area (Å²) in [5, 5.41) is 6.86. The predicted molar refractivity (Wildman–Crippen MR) is 121 cm³/mol. The van der Waals surface area contributed by atoms with Gasteiger partial charge in [-0.05, 0) is 41.3 Å². The second kappa shape index (κ2) is 9.74. The Morgan fingerprint density at radius 3 is 2.60 bits per heavy atom. The van der Waals surface area contributed by atoms with E-state index in [1.54, 1.807) is 21.3 Å². The molecule has 0 bridgehead atoms. The first-order valence-corrected chi connectivity index (χ1v) is 10.4. The van der Waals surface area contributed by atoms with Gasteiger partial charge in [0.1, 0.15) is 5.75 Å². The van der Waals surface area contributed by atoms with E-state index in [2.05, 4.69) is 53.7 Å². The average Bonchev–Trinajstić information content (AvgIpc) is 3.23. The van der Waals surface area contributed by atoms with Crippen molar-refractivity contribution >= 4 is 5.96 Å². The van der Waals surface area contributed by atoms with Gasteiger partial charge >= 0.3 is 0 Å². The molecule has 0 aliphatic carbocycles. The van der Waals surface area contributed by atoms with E-state index in [1.807, 2.05) is 12.1 Å². The zero-order valence-corrected chi connectivity index (χ0v) is 18.7. The summed E-state index contributed by atoms with van der Waals surface area (Å²) in [5.41, 5.74) is 3.68. The molecule has 1 aliphatic rings. The summed E-state index contributed by atoms with van der Waals surface area (Å²) in [7, 11) is 5.11. The summed E-state index contributed by atoms with van der Waals surface area (Å²) in [5.74, 6) is 3.31. The van der Waals surface area contributed by atoms with Crippen LogP contribution in [0.25, 0.3) is 0 Å². The Bertz CT molecular complexity index is 893. The number of hydrogen-bond acceptors (Lipinski definition) is 4. The van der Waals surface area contributed by atoms with Crippen LogP contribution in [-0.4, -0.2) is 46.9 Å². The summed E-state index contributed by atoms with van der Waals surface area (Å²) in [6.45, 7) is 6.74. The number of ether oxygens (including phenoxy) is 3. The molecule has 1 aliphatic heterocycles. The van der Waals surface area contributed by atoms with Crippen LogP contribution in [0.5, 0.6) is 17.2 Å². The number of guanidine groups is 1. The molecular weight excluding hydrogens is 378 g/mol. The van der Waals surface area contributed by atoms with E-state index >= 15 is 0 Å². The lowest BCUT2D eigenvalue weighted by atomic mass is 9.84. The van der Waals surface area contributed by atoms with Crippen LogP contribution in [-0.2, 0) is 18.3 Å². The van der Waals surface area contributed by atoms with E-state index in [1.165, 1.54) is 16.7 Å². The topological polar surface area (TPSA) is 64.1 Å². The molecule has 30 heavy (non-hydrogen) atoms. The summed E-state index contributed by atoms with van der Waals surface area (Å²) in [6, 6.07) is 12.5. The molecule has 6 heteroatoms. The minimum Gasteiger partial charge on any atom is -0.493 e. The van der Waals surface area contributed by atoms with E-state index in [0.29, 0.717) is 0 Å². The van der Waals surface area contributed by atoms with Crippen LogP contribution < -0.4 is 24.8 Å². The Morgan fingerprint density at radius 2 is 1.87 bits per heavy atom. The Morgan fingerprint density at radius 1 is 1.07 bits per heavy atom. The predicted octanol–water partition coefficient (Wildman–Crippen LogP) is 3.32. The molecule has 0 atom stereocenters. The Kier molecular flexibility index (Phi) is 7.08. The maximum atomic E-state index is 5.58. The molecule has 2 aromatic carbocycles. The zero-order valence-electron chi connectivity index (χ0n) is 18.7. The van der Waals surface area contributed by atoms with Crippen LogP contribution in [0.4, 0.5) is 0 Å². The molecule has 0 saturated heterocycles. The minimum atomic E-state index is -0.114. The van der Waals surface area contributed by atoms with E-state index in [-0.39, 0.29) is 5.41 Å². The summed E-state index contributed by atoms with van der Waals surface area (Å²) in [6.07, 6.45) is 1.94. The largest absolute Gasteiger partial charge is 0.493 e. The number of rotatable bonds is 8. The molecule has 2 aromatic rings. The van der Waals surface area contributed by atoms with Crippen molar-refractivity contribution in [3.8, 4) is 17.2 Å². The fourth-order valence-corrected chi connectivity index (χ4v) is 3.61. The maximum absolute atomic E-state index is 5.58. The normalized spacial score (nSPS) is 13.4. The van der Waals surface area contributed by atoms with Crippen molar-refractivity contribution in [3.05, 3.63) is 53.1 Å².